The summed E-state index contributed by atoms with van der Waals surface area (Å²) in [7, 11) is 0. The molecule has 1 aromatic rings. The summed E-state index contributed by atoms with van der Waals surface area (Å²) in [6.45, 7) is 3.41. The first-order valence-electron chi connectivity index (χ1n) is 7.78. The highest BCUT2D eigenvalue weighted by molar-refractivity contribution is 9.10. The van der Waals surface area contributed by atoms with E-state index in [-0.39, 0.29) is 18.0 Å². The van der Waals surface area contributed by atoms with Crippen LogP contribution in [-0.4, -0.2) is 30.1 Å². The Morgan fingerprint density at radius 1 is 1.41 bits per heavy atom. The lowest BCUT2D eigenvalue weighted by Gasteiger charge is -2.30. The minimum absolute atomic E-state index is 0.000282. The maximum atomic E-state index is 12.2. The molecule has 1 unspecified atom stereocenters. The first-order chi connectivity index (χ1) is 10.6. The molecule has 1 N–H and O–H groups in total. The second-order valence-corrected chi connectivity index (χ2v) is 6.82. The van der Waals surface area contributed by atoms with Crippen LogP contribution in [0.4, 0.5) is 4.79 Å². The summed E-state index contributed by atoms with van der Waals surface area (Å²) in [6, 6.07) is 10.7. The Morgan fingerprint density at radius 3 is 2.64 bits per heavy atom. The van der Waals surface area contributed by atoms with Crippen LogP contribution in [0.2, 0.25) is 0 Å². The molecule has 1 saturated heterocycles. The molecule has 1 atom stereocenters. The third-order valence-corrected chi connectivity index (χ3v) is 4.64. The number of carbonyl (C=O) groups is 1. The Labute approximate surface area is 140 Å². The third kappa shape index (κ3) is 5.03. The highest BCUT2D eigenvalue weighted by atomic mass is 79.9. The molecule has 22 heavy (non-hydrogen) atoms. The number of nitriles is 1. The Kier molecular flexibility index (Phi) is 6.26. The van der Waals surface area contributed by atoms with E-state index in [2.05, 4.69) is 39.4 Å². The SMILES string of the molecule is CC(CCc1ccc(Br)cc1)NC(=O)N1CCC(C#N)CC1. The average Bonchev–Trinajstić information content (AvgIpc) is 2.54. The molecule has 0 saturated carbocycles. The molecule has 2 amide bonds. The monoisotopic (exact) mass is 363 g/mol. The summed E-state index contributed by atoms with van der Waals surface area (Å²) in [5.41, 5.74) is 1.28. The summed E-state index contributed by atoms with van der Waals surface area (Å²) < 4.78 is 1.08. The summed E-state index contributed by atoms with van der Waals surface area (Å²) in [6.07, 6.45) is 3.45. The standard InChI is InChI=1S/C17H22BrN3O/c1-13(2-3-14-4-6-16(18)7-5-14)20-17(22)21-10-8-15(12-19)9-11-21/h4-7,13,15H,2-3,8-11H2,1H3,(H,20,22). The van der Waals surface area contributed by atoms with Gasteiger partial charge in [0.1, 0.15) is 0 Å². The van der Waals surface area contributed by atoms with E-state index in [1.807, 2.05) is 24.0 Å². The predicted molar refractivity (Wildman–Crippen MR) is 90.4 cm³/mol. The third-order valence-electron chi connectivity index (χ3n) is 4.11. The number of urea groups is 1. The van der Waals surface area contributed by atoms with Gasteiger partial charge in [0.2, 0.25) is 0 Å². The lowest BCUT2D eigenvalue weighted by Crippen LogP contribution is -2.47. The smallest absolute Gasteiger partial charge is 0.317 e. The van der Waals surface area contributed by atoms with Gasteiger partial charge in [-0.15, -0.1) is 0 Å². The maximum Gasteiger partial charge on any atom is 0.317 e. The second-order valence-electron chi connectivity index (χ2n) is 5.91. The molecule has 0 bridgehead atoms. The largest absolute Gasteiger partial charge is 0.336 e. The van der Waals surface area contributed by atoms with Crippen LogP contribution in [0.25, 0.3) is 0 Å². The Morgan fingerprint density at radius 2 is 2.05 bits per heavy atom. The molecule has 0 radical (unpaired) electrons. The van der Waals surface area contributed by atoms with E-state index < -0.39 is 0 Å². The molecule has 2 rings (SSSR count). The Balaban J connectivity index is 1.72. The van der Waals surface area contributed by atoms with Crippen LogP contribution in [-0.2, 0) is 6.42 Å². The minimum atomic E-state index is -0.000282. The van der Waals surface area contributed by atoms with E-state index in [9.17, 15) is 4.79 Å². The number of nitrogens with one attached hydrogen (secondary N) is 1. The lowest BCUT2D eigenvalue weighted by molar-refractivity contribution is 0.175. The van der Waals surface area contributed by atoms with Crippen molar-refractivity contribution in [2.75, 3.05) is 13.1 Å². The van der Waals surface area contributed by atoms with Crippen molar-refractivity contribution in [2.24, 2.45) is 5.92 Å². The van der Waals surface area contributed by atoms with Gasteiger partial charge in [0, 0.05) is 29.5 Å². The summed E-state index contributed by atoms with van der Waals surface area (Å²) >= 11 is 3.43. The molecule has 1 aliphatic heterocycles. The number of halogens is 1. The van der Waals surface area contributed by atoms with Crippen LogP contribution in [0.5, 0.6) is 0 Å². The number of hydrogen-bond donors (Lipinski definition) is 1. The van der Waals surface area contributed by atoms with Crippen LogP contribution in [0.3, 0.4) is 0 Å². The first kappa shape index (κ1) is 16.8. The number of piperidine rings is 1. The van der Waals surface area contributed by atoms with E-state index >= 15 is 0 Å². The average molecular weight is 364 g/mol. The molecule has 0 spiro atoms. The number of nitrogens with zero attached hydrogens (tertiary/aromatic N) is 2. The lowest BCUT2D eigenvalue weighted by atomic mass is 9.99. The van der Waals surface area contributed by atoms with Crippen molar-refractivity contribution in [1.82, 2.24) is 10.2 Å². The van der Waals surface area contributed by atoms with Crippen molar-refractivity contribution in [1.29, 1.82) is 5.26 Å². The van der Waals surface area contributed by atoms with Gasteiger partial charge in [-0.2, -0.15) is 5.26 Å². The van der Waals surface area contributed by atoms with E-state index in [4.69, 9.17) is 5.26 Å². The van der Waals surface area contributed by atoms with Gasteiger partial charge in [0.15, 0.2) is 0 Å². The highest BCUT2D eigenvalue weighted by Gasteiger charge is 2.23. The van der Waals surface area contributed by atoms with Crippen molar-refractivity contribution in [3.8, 4) is 6.07 Å². The normalized spacial score (nSPS) is 16.9. The number of aryl methyl sites for hydroxylation is 1. The number of amides is 2. The predicted octanol–water partition coefficient (Wildman–Crippen LogP) is 3.72. The molecular weight excluding hydrogens is 342 g/mol. The minimum Gasteiger partial charge on any atom is -0.336 e. The van der Waals surface area contributed by atoms with Crippen LogP contribution in [0.15, 0.2) is 28.7 Å². The molecule has 5 heteroatoms. The van der Waals surface area contributed by atoms with Crippen molar-refractivity contribution in [3.63, 3.8) is 0 Å². The first-order valence-corrected chi connectivity index (χ1v) is 8.57. The molecule has 118 valence electrons. The van der Waals surface area contributed by atoms with Crippen LogP contribution < -0.4 is 5.32 Å². The van der Waals surface area contributed by atoms with E-state index in [0.29, 0.717) is 13.1 Å². The van der Waals surface area contributed by atoms with Crippen molar-refractivity contribution in [3.05, 3.63) is 34.3 Å². The Bertz CT molecular complexity index is 530. The number of rotatable bonds is 4. The van der Waals surface area contributed by atoms with Crippen molar-refractivity contribution in [2.45, 2.75) is 38.6 Å². The highest BCUT2D eigenvalue weighted by Crippen LogP contribution is 2.16. The molecule has 0 aromatic heterocycles. The van der Waals surface area contributed by atoms with E-state index in [0.717, 1.165) is 30.2 Å². The Hall–Kier alpha value is -1.54. The van der Waals surface area contributed by atoms with Gasteiger partial charge < -0.3 is 10.2 Å². The van der Waals surface area contributed by atoms with Crippen molar-refractivity contribution < 1.29 is 4.79 Å². The number of hydrogen-bond acceptors (Lipinski definition) is 2. The van der Waals surface area contributed by atoms with Crippen LogP contribution in [0, 0.1) is 17.2 Å². The fraction of sp³-hybridized carbons (Fsp3) is 0.529. The number of likely N-dealkylation sites (tertiary alicyclic amines) is 1. The molecule has 1 fully saturated rings. The molecule has 4 nitrogen and oxygen atoms in total. The number of carbonyl (C=O) groups excluding carboxylic acids is 1. The zero-order valence-corrected chi connectivity index (χ0v) is 14.5. The summed E-state index contributed by atoms with van der Waals surface area (Å²) in [4.78, 5) is 14.0. The van der Waals surface area contributed by atoms with Gasteiger partial charge in [-0.1, -0.05) is 28.1 Å². The molecular formula is C17H22BrN3O. The van der Waals surface area contributed by atoms with Gasteiger partial charge in [-0.25, -0.2) is 4.79 Å². The summed E-state index contributed by atoms with van der Waals surface area (Å²) in [5.74, 6) is 0.110. The van der Waals surface area contributed by atoms with Gasteiger partial charge in [-0.05, 0) is 50.3 Å². The zero-order valence-electron chi connectivity index (χ0n) is 12.9. The van der Waals surface area contributed by atoms with E-state index in [1.54, 1.807) is 0 Å². The summed E-state index contributed by atoms with van der Waals surface area (Å²) in [5, 5.41) is 11.9. The van der Waals surface area contributed by atoms with Gasteiger partial charge in [-0.3, -0.25) is 0 Å². The second kappa shape index (κ2) is 8.19. The molecule has 0 aliphatic carbocycles. The fourth-order valence-corrected chi connectivity index (χ4v) is 2.88. The maximum absolute atomic E-state index is 12.2. The fourth-order valence-electron chi connectivity index (χ4n) is 2.62. The van der Waals surface area contributed by atoms with Crippen LogP contribution in [0.1, 0.15) is 31.7 Å². The van der Waals surface area contributed by atoms with E-state index in [1.165, 1.54) is 5.56 Å². The quantitative estimate of drug-likeness (QED) is 0.885. The zero-order chi connectivity index (χ0) is 15.9. The molecule has 1 aliphatic rings. The van der Waals surface area contributed by atoms with Gasteiger partial charge >= 0.3 is 6.03 Å². The molecule has 1 aromatic carbocycles. The topological polar surface area (TPSA) is 56.1 Å². The van der Waals surface area contributed by atoms with Crippen molar-refractivity contribution >= 4 is 22.0 Å². The van der Waals surface area contributed by atoms with Gasteiger partial charge in [0.05, 0.1) is 6.07 Å². The van der Waals surface area contributed by atoms with Crippen LogP contribution >= 0.6 is 15.9 Å². The number of benzene rings is 1. The molecule has 1 heterocycles. The van der Waals surface area contributed by atoms with Gasteiger partial charge in [0.25, 0.3) is 0 Å².